The third-order valence-electron chi connectivity index (χ3n) is 5.50. The highest BCUT2D eigenvalue weighted by molar-refractivity contribution is 14.0. The number of hydrogen-bond donors (Lipinski definition) is 3. The minimum Gasteiger partial charge on any atom is -0.459 e. The Bertz CT molecular complexity index is 840. The van der Waals surface area contributed by atoms with Crippen molar-refractivity contribution in [2.24, 2.45) is 4.99 Å². The number of nitrogens with one attached hydrogen (secondary N) is 3. The molecule has 1 aromatic heterocycles. The van der Waals surface area contributed by atoms with E-state index in [-0.39, 0.29) is 29.9 Å². The number of carbonyl (C=O) groups excluding carboxylic acids is 1. The third-order valence-corrected chi connectivity index (χ3v) is 5.50. The Hall–Kier alpha value is -2.07. The van der Waals surface area contributed by atoms with Gasteiger partial charge in [-0.1, -0.05) is 30.3 Å². The van der Waals surface area contributed by atoms with Crippen LogP contribution in [0.15, 0.2) is 52.1 Å². The van der Waals surface area contributed by atoms with E-state index in [4.69, 9.17) is 4.42 Å². The van der Waals surface area contributed by atoms with E-state index in [2.05, 4.69) is 63.1 Å². The van der Waals surface area contributed by atoms with Gasteiger partial charge in [-0.2, -0.15) is 0 Å². The maximum Gasteiger partial charge on any atom is 0.287 e. The molecule has 3 N–H and O–H groups in total. The molecule has 0 saturated carbocycles. The average molecular weight is 539 g/mol. The highest BCUT2D eigenvalue weighted by Crippen LogP contribution is 2.20. The number of aliphatic imine (C=N–C) groups is 1. The van der Waals surface area contributed by atoms with Gasteiger partial charge in [0.2, 0.25) is 0 Å². The van der Waals surface area contributed by atoms with Crippen molar-refractivity contribution >= 4 is 35.8 Å². The zero-order chi connectivity index (χ0) is 21.3. The van der Waals surface area contributed by atoms with Gasteiger partial charge in [-0.15, -0.1) is 24.0 Å². The van der Waals surface area contributed by atoms with Crippen LogP contribution in [0, 0.1) is 6.92 Å². The molecule has 31 heavy (non-hydrogen) atoms. The minimum absolute atomic E-state index is 0. The Labute approximate surface area is 202 Å². The number of halogens is 1. The molecule has 2 atom stereocenters. The fraction of sp³-hybridized carbons (Fsp3) is 0.478. The van der Waals surface area contributed by atoms with Crippen LogP contribution in [0.4, 0.5) is 0 Å². The largest absolute Gasteiger partial charge is 0.459 e. The van der Waals surface area contributed by atoms with Crippen LogP contribution in [0.1, 0.15) is 41.4 Å². The number of nitrogens with zero attached hydrogens (tertiary/aromatic N) is 2. The standard InChI is InChI=1S/C23H33N5O2.HI/c1-17-10-13-30-21(17)22(29)25-11-7-12-26-23(24-3)27-20-14-18(2)28(16-20)15-19-8-5-4-6-9-19;/h4-6,8-10,13,18,20H,7,11-12,14-16H2,1-3H3,(H,25,29)(H2,24,26,27);1H. The van der Waals surface area contributed by atoms with Gasteiger partial charge in [-0.05, 0) is 38.3 Å². The molecule has 0 bridgehead atoms. The first-order valence-electron chi connectivity index (χ1n) is 10.6. The van der Waals surface area contributed by atoms with E-state index in [0.29, 0.717) is 24.4 Å². The number of aryl methyl sites for hydroxylation is 1. The number of hydrogen-bond acceptors (Lipinski definition) is 4. The Kier molecular flexibility index (Phi) is 10.3. The van der Waals surface area contributed by atoms with Gasteiger partial charge in [-0.25, -0.2) is 0 Å². The number of furan rings is 1. The van der Waals surface area contributed by atoms with Crippen molar-refractivity contribution in [1.82, 2.24) is 20.9 Å². The van der Waals surface area contributed by atoms with E-state index in [9.17, 15) is 4.79 Å². The summed E-state index contributed by atoms with van der Waals surface area (Å²) in [6, 6.07) is 13.3. The molecule has 1 aliphatic heterocycles. The van der Waals surface area contributed by atoms with Gasteiger partial charge in [0.25, 0.3) is 5.91 Å². The molecule has 1 aliphatic rings. The van der Waals surface area contributed by atoms with E-state index in [1.54, 1.807) is 13.1 Å². The summed E-state index contributed by atoms with van der Waals surface area (Å²) in [5, 5.41) is 9.76. The lowest BCUT2D eigenvalue weighted by Crippen LogP contribution is -2.45. The summed E-state index contributed by atoms with van der Waals surface area (Å²) in [6.45, 7) is 7.42. The second-order valence-corrected chi connectivity index (χ2v) is 7.88. The third kappa shape index (κ3) is 7.53. The predicted octanol–water partition coefficient (Wildman–Crippen LogP) is 3.15. The van der Waals surface area contributed by atoms with Crippen molar-refractivity contribution < 1.29 is 9.21 Å². The van der Waals surface area contributed by atoms with Crippen molar-refractivity contribution in [3.05, 3.63) is 59.5 Å². The van der Waals surface area contributed by atoms with Crippen LogP contribution in [0.25, 0.3) is 0 Å². The number of amides is 1. The summed E-state index contributed by atoms with van der Waals surface area (Å²) in [4.78, 5) is 18.9. The van der Waals surface area contributed by atoms with Gasteiger partial charge >= 0.3 is 0 Å². The number of carbonyl (C=O) groups is 1. The molecule has 2 unspecified atom stereocenters. The SMILES string of the molecule is CN=C(NCCCNC(=O)c1occc1C)NC1CC(C)N(Cc2ccccc2)C1.I. The van der Waals surface area contributed by atoms with Crippen LogP contribution in [0.3, 0.4) is 0 Å². The molecule has 2 aromatic rings. The van der Waals surface area contributed by atoms with Crippen molar-refractivity contribution in [2.45, 2.75) is 45.3 Å². The smallest absolute Gasteiger partial charge is 0.287 e. The Morgan fingerprint density at radius 2 is 1.94 bits per heavy atom. The average Bonchev–Trinajstić information content (AvgIpc) is 3.32. The van der Waals surface area contributed by atoms with Crippen LogP contribution in [0.5, 0.6) is 0 Å². The summed E-state index contributed by atoms with van der Waals surface area (Å²) < 4.78 is 5.21. The highest BCUT2D eigenvalue weighted by Gasteiger charge is 2.29. The predicted molar refractivity (Wildman–Crippen MR) is 135 cm³/mol. The summed E-state index contributed by atoms with van der Waals surface area (Å²) in [7, 11) is 1.79. The topological polar surface area (TPSA) is 81.9 Å². The molecule has 0 aliphatic carbocycles. The molecule has 8 heteroatoms. The summed E-state index contributed by atoms with van der Waals surface area (Å²) >= 11 is 0. The number of guanidine groups is 1. The van der Waals surface area contributed by atoms with E-state index in [0.717, 1.165) is 44.0 Å². The molecule has 2 heterocycles. The number of rotatable bonds is 8. The molecule has 1 saturated heterocycles. The molecule has 3 rings (SSSR count). The maximum absolute atomic E-state index is 12.0. The maximum atomic E-state index is 12.0. The first kappa shape index (κ1) is 25.2. The highest BCUT2D eigenvalue weighted by atomic mass is 127. The second-order valence-electron chi connectivity index (χ2n) is 7.88. The summed E-state index contributed by atoms with van der Waals surface area (Å²) in [6.07, 6.45) is 3.42. The van der Waals surface area contributed by atoms with E-state index in [1.165, 1.54) is 11.8 Å². The van der Waals surface area contributed by atoms with Gasteiger partial charge in [0, 0.05) is 50.9 Å². The Balaban J connectivity index is 0.00000341. The van der Waals surface area contributed by atoms with Gasteiger partial charge in [0.1, 0.15) is 0 Å². The molecule has 1 amide bonds. The fourth-order valence-electron chi connectivity index (χ4n) is 3.81. The lowest BCUT2D eigenvalue weighted by atomic mass is 10.2. The summed E-state index contributed by atoms with van der Waals surface area (Å²) in [5.74, 6) is 1.02. The molecule has 0 spiro atoms. The molecular weight excluding hydrogens is 505 g/mol. The summed E-state index contributed by atoms with van der Waals surface area (Å²) in [5.41, 5.74) is 2.20. The molecular formula is C23H34IN5O2. The van der Waals surface area contributed by atoms with E-state index in [1.807, 2.05) is 6.92 Å². The zero-order valence-electron chi connectivity index (χ0n) is 18.6. The van der Waals surface area contributed by atoms with E-state index < -0.39 is 0 Å². The van der Waals surface area contributed by atoms with E-state index >= 15 is 0 Å². The molecule has 170 valence electrons. The lowest BCUT2D eigenvalue weighted by molar-refractivity contribution is 0.0925. The van der Waals surface area contributed by atoms with Gasteiger partial charge in [-0.3, -0.25) is 14.7 Å². The van der Waals surface area contributed by atoms with Crippen molar-refractivity contribution in [3.8, 4) is 0 Å². The van der Waals surface area contributed by atoms with Crippen LogP contribution in [-0.4, -0.2) is 55.5 Å². The van der Waals surface area contributed by atoms with Crippen molar-refractivity contribution in [1.29, 1.82) is 0 Å². The first-order valence-corrected chi connectivity index (χ1v) is 10.6. The lowest BCUT2D eigenvalue weighted by Gasteiger charge is -2.21. The van der Waals surface area contributed by atoms with Crippen LogP contribution < -0.4 is 16.0 Å². The first-order chi connectivity index (χ1) is 14.6. The molecule has 0 radical (unpaired) electrons. The van der Waals surface area contributed by atoms with Gasteiger partial charge in [0.05, 0.1) is 6.26 Å². The quantitative estimate of drug-likeness (QED) is 0.208. The molecule has 7 nitrogen and oxygen atoms in total. The molecule has 1 aromatic carbocycles. The van der Waals surface area contributed by atoms with Gasteiger partial charge < -0.3 is 20.4 Å². The zero-order valence-corrected chi connectivity index (χ0v) is 20.9. The van der Waals surface area contributed by atoms with Crippen LogP contribution >= 0.6 is 24.0 Å². The Morgan fingerprint density at radius 1 is 1.19 bits per heavy atom. The van der Waals surface area contributed by atoms with Gasteiger partial charge in [0.15, 0.2) is 11.7 Å². The number of benzene rings is 1. The minimum atomic E-state index is -0.168. The van der Waals surface area contributed by atoms with Crippen LogP contribution in [0.2, 0.25) is 0 Å². The fourth-order valence-corrected chi connectivity index (χ4v) is 3.81. The van der Waals surface area contributed by atoms with Crippen molar-refractivity contribution in [3.63, 3.8) is 0 Å². The number of likely N-dealkylation sites (tertiary alicyclic amines) is 1. The van der Waals surface area contributed by atoms with Crippen molar-refractivity contribution in [2.75, 3.05) is 26.7 Å². The van der Waals surface area contributed by atoms with Crippen LogP contribution in [-0.2, 0) is 6.54 Å². The normalized spacial score (nSPS) is 19.0. The molecule has 1 fully saturated rings. The second kappa shape index (κ2) is 12.7. The Morgan fingerprint density at radius 3 is 2.61 bits per heavy atom. The monoisotopic (exact) mass is 539 g/mol.